The van der Waals surface area contributed by atoms with Crippen molar-refractivity contribution < 1.29 is 15.5 Å². The van der Waals surface area contributed by atoms with Gasteiger partial charge in [0.25, 0.3) is 0 Å². The maximum Gasteiger partial charge on any atom is 0.445 e. The summed E-state index contributed by atoms with van der Waals surface area (Å²) < 4.78 is 0. The first-order valence-corrected chi connectivity index (χ1v) is 6.58. The Morgan fingerprint density at radius 1 is 1.22 bits per heavy atom. The van der Waals surface area contributed by atoms with E-state index in [1.54, 1.807) is 0 Å². The summed E-state index contributed by atoms with van der Waals surface area (Å²) in [5.74, 6) is 0. The van der Waals surface area contributed by atoms with Gasteiger partial charge in [-0.15, -0.1) is 5.48 Å². The van der Waals surface area contributed by atoms with Crippen molar-refractivity contribution in [3.05, 3.63) is 35.9 Å². The zero-order valence-corrected chi connectivity index (χ0v) is 10.6. The number of hydrogen-bond donors (Lipinski definition) is 3. The first-order valence-electron chi connectivity index (χ1n) is 6.58. The Morgan fingerprint density at radius 3 is 2.50 bits per heavy atom. The molecule has 1 aromatic carbocycles. The molecule has 0 unspecified atom stereocenters. The van der Waals surface area contributed by atoms with E-state index in [4.69, 9.17) is 5.21 Å². The Labute approximate surface area is 107 Å². The van der Waals surface area contributed by atoms with Crippen molar-refractivity contribution in [2.24, 2.45) is 0 Å². The van der Waals surface area contributed by atoms with Gasteiger partial charge in [-0.3, -0.25) is 5.32 Å². The summed E-state index contributed by atoms with van der Waals surface area (Å²) in [5, 5.41) is 11.8. The highest BCUT2D eigenvalue weighted by atomic mass is 16.5. The van der Waals surface area contributed by atoms with Crippen LogP contribution in [-0.2, 0) is 6.42 Å². The Balaban J connectivity index is 2.11. The molecular formula is C14H21N2O2+. The summed E-state index contributed by atoms with van der Waals surface area (Å²) in [6, 6.07) is 9.83. The highest BCUT2D eigenvalue weighted by Gasteiger charge is 2.34. The molecule has 1 aromatic rings. The van der Waals surface area contributed by atoms with Crippen molar-refractivity contribution in [2.45, 2.75) is 44.1 Å². The molecule has 1 fully saturated rings. The average Bonchev–Trinajstić information content (AvgIpc) is 2.40. The molecule has 4 heteroatoms. The smallest absolute Gasteiger partial charge is 0.297 e. The molecule has 2 rings (SSSR count). The number of carbonyl (C=O) groups is 1. The average molecular weight is 249 g/mol. The number of benzene rings is 1. The highest BCUT2D eigenvalue weighted by molar-refractivity contribution is 5.63. The van der Waals surface area contributed by atoms with Crippen LogP contribution in [0.25, 0.3) is 0 Å². The zero-order chi connectivity index (χ0) is 12.8. The lowest BCUT2D eigenvalue weighted by atomic mass is 9.77. The molecule has 1 saturated carbocycles. The van der Waals surface area contributed by atoms with Crippen LogP contribution < -0.4 is 10.8 Å². The van der Waals surface area contributed by atoms with E-state index in [9.17, 15) is 4.79 Å². The minimum Gasteiger partial charge on any atom is -0.297 e. The summed E-state index contributed by atoms with van der Waals surface area (Å²) in [7, 11) is 0. The van der Waals surface area contributed by atoms with Gasteiger partial charge >= 0.3 is 6.03 Å². The SMILES string of the molecule is O=C(NC1(Cc2ccccc2)CCCCC1)[NH2+]O. The van der Waals surface area contributed by atoms with Gasteiger partial charge in [0.05, 0.1) is 0 Å². The van der Waals surface area contributed by atoms with E-state index in [-0.39, 0.29) is 11.6 Å². The monoisotopic (exact) mass is 249 g/mol. The van der Waals surface area contributed by atoms with Crippen LogP contribution in [0.4, 0.5) is 4.79 Å². The van der Waals surface area contributed by atoms with Crippen molar-refractivity contribution in [2.75, 3.05) is 0 Å². The number of nitrogens with one attached hydrogen (secondary N) is 1. The molecule has 4 nitrogen and oxygen atoms in total. The second-order valence-electron chi connectivity index (χ2n) is 5.12. The zero-order valence-electron chi connectivity index (χ0n) is 10.6. The van der Waals surface area contributed by atoms with E-state index in [1.165, 1.54) is 12.0 Å². The molecule has 1 aliphatic carbocycles. The molecule has 4 N–H and O–H groups in total. The van der Waals surface area contributed by atoms with E-state index in [0.29, 0.717) is 5.48 Å². The van der Waals surface area contributed by atoms with Crippen LogP contribution in [-0.4, -0.2) is 16.8 Å². The lowest BCUT2D eigenvalue weighted by molar-refractivity contribution is -0.811. The van der Waals surface area contributed by atoms with Gasteiger partial charge < -0.3 is 0 Å². The van der Waals surface area contributed by atoms with E-state index in [1.807, 2.05) is 18.2 Å². The summed E-state index contributed by atoms with van der Waals surface area (Å²) in [4.78, 5) is 11.5. The fourth-order valence-electron chi connectivity index (χ4n) is 2.85. The Morgan fingerprint density at radius 2 is 1.89 bits per heavy atom. The van der Waals surface area contributed by atoms with Crippen molar-refractivity contribution in [1.82, 2.24) is 5.32 Å². The van der Waals surface area contributed by atoms with Gasteiger partial charge in [-0.1, -0.05) is 49.6 Å². The van der Waals surface area contributed by atoms with Crippen LogP contribution >= 0.6 is 0 Å². The lowest BCUT2D eigenvalue weighted by Gasteiger charge is -2.37. The molecule has 0 spiro atoms. The number of urea groups is 1. The first-order chi connectivity index (χ1) is 8.74. The number of amides is 2. The third kappa shape index (κ3) is 3.31. The number of hydrogen-bond acceptors (Lipinski definition) is 2. The third-order valence-corrected chi connectivity index (χ3v) is 3.70. The van der Waals surface area contributed by atoms with Crippen LogP contribution in [0.15, 0.2) is 30.3 Å². The van der Waals surface area contributed by atoms with Crippen molar-refractivity contribution in [1.29, 1.82) is 0 Å². The second kappa shape index (κ2) is 5.98. The Bertz CT molecular complexity index is 386. The van der Waals surface area contributed by atoms with Gasteiger partial charge in [0, 0.05) is 5.54 Å². The Kier molecular flexibility index (Phi) is 4.33. The fourth-order valence-corrected chi connectivity index (χ4v) is 2.85. The quantitative estimate of drug-likeness (QED) is 0.562. The van der Waals surface area contributed by atoms with Gasteiger partial charge in [0.1, 0.15) is 0 Å². The Hall–Kier alpha value is -1.39. The minimum absolute atomic E-state index is 0.185. The fraction of sp³-hybridized carbons (Fsp3) is 0.500. The van der Waals surface area contributed by atoms with Crippen LogP contribution in [0.1, 0.15) is 37.7 Å². The molecule has 0 aromatic heterocycles. The number of hydroxylamine groups is 1. The standard InChI is InChI=1S/C14H20N2O2/c17-13(16-18)15-14(9-5-2-6-10-14)11-12-7-3-1-4-8-12/h1,3-4,7-8,18H,2,5-6,9-11H2,(H2,15,16,17)/p+1. The van der Waals surface area contributed by atoms with E-state index in [2.05, 4.69) is 17.4 Å². The minimum atomic E-state index is -0.382. The molecule has 0 bridgehead atoms. The maximum absolute atomic E-state index is 11.5. The molecule has 0 radical (unpaired) electrons. The molecule has 2 amide bonds. The lowest BCUT2D eigenvalue weighted by Crippen LogP contribution is -2.89. The van der Waals surface area contributed by atoms with E-state index in [0.717, 1.165) is 32.1 Å². The molecule has 0 aliphatic heterocycles. The van der Waals surface area contributed by atoms with Gasteiger partial charge in [0.2, 0.25) is 0 Å². The summed E-state index contributed by atoms with van der Waals surface area (Å²) in [6.07, 6.45) is 6.32. The second-order valence-corrected chi connectivity index (χ2v) is 5.12. The van der Waals surface area contributed by atoms with Crippen molar-refractivity contribution in [3.8, 4) is 0 Å². The highest BCUT2D eigenvalue weighted by Crippen LogP contribution is 2.31. The molecule has 0 atom stereocenters. The van der Waals surface area contributed by atoms with Crippen LogP contribution in [0, 0.1) is 0 Å². The van der Waals surface area contributed by atoms with Gasteiger partial charge in [-0.25, -0.2) is 10.0 Å². The normalized spacial score (nSPS) is 18.3. The maximum atomic E-state index is 11.5. The first kappa shape index (κ1) is 13.1. The van der Waals surface area contributed by atoms with E-state index >= 15 is 0 Å². The number of nitrogens with two attached hydrogens (primary N) is 1. The van der Waals surface area contributed by atoms with Crippen molar-refractivity contribution >= 4 is 6.03 Å². The molecule has 1 aliphatic rings. The van der Waals surface area contributed by atoms with Crippen LogP contribution in [0.3, 0.4) is 0 Å². The number of rotatable bonds is 3. The number of carbonyl (C=O) groups excluding carboxylic acids is 1. The van der Waals surface area contributed by atoms with Crippen LogP contribution in [0.2, 0.25) is 0 Å². The van der Waals surface area contributed by atoms with Gasteiger partial charge in [-0.2, -0.15) is 0 Å². The molecule has 98 valence electrons. The van der Waals surface area contributed by atoms with E-state index < -0.39 is 0 Å². The summed E-state index contributed by atoms with van der Waals surface area (Å²) in [6.45, 7) is 0. The van der Waals surface area contributed by atoms with Crippen molar-refractivity contribution in [3.63, 3.8) is 0 Å². The topological polar surface area (TPSA) is 65.9 Å². The summed E-state index contributed by atoms with van der Waals surface area (Å²) in [5.41, 5.74) is 1.68. The van der Waals surface area contributed by atoms with Crippen LogP contribution in [0.5, 0.6) is 0 Å². The number of primary amides is 1. The van der Waals surface area contributed by atoms with Gasteiger partial charge in [0.15, 0.2) is 0 Å². The molecule has 18 heavy (non-hydrogen) atoms. The molecule has 0 saturated heterocycles. The largest absolute Gasteiger partial charge is 0.445 e. The van der Waals surface area contributed by atoms with Gasteiger partial charge in [-0.05, 0) is 24.8 Å². The predicted molar refractivity (Wildman–Crippen MR) is 68.2 cm³/mol. The molecular weight excluding hydrogens is 228 g/mol. The third-order valence-electron chi connectivity index (χ3n) is 3.70. The summed E-state index contributed by atoms with van der Waals surface area (Å²) >= 11 is 0. The molecule has 0 heterocycles. The predicted octanol–water partition coefficient (Wildman–Crippen LogP) is 1.59. The number of quaternary nitrogens is 1.